The summed E-state index contributed by atoms with van der Waals surface area (Å²) in [6.45, 7) is 4.63. The quantitative estimate of drug-likeness (QED) is 0.842. The molecule has 1 heterocycles. The third kappa shape index (κ3) is 4.90. The lowest BCUT2D eigenvalue weighted by atomic mass is 10.1. The lowest BCUT2D eigenvalue weighted by Gasteiger charge is -2.24. The first kappa shape index (κ1) is 18.6. The number of rotatable bonds is 5. The van der Waals surface area contributed by atoms with Gasteiger partial charge in [0.15, 0.2) is 0 Å². The van der Waals surface area contributed by atoms with Crippen LogP contribution in [0.3, 0.4) is 0 Å². The van der Waals surface area contributed by atoms with Gasteiger partial charge in [0.25, 0.3) is 0 Å². The molecular weight excluding hydrogens is 341 g/mol. The summed E-state index contributed by atoms with van der Waals surface area (Å²) in [7, 11) is 0. The maximum Gasteiger partial charge on any atom is 0.416 e. The number of carbonyl (C=O) groups is 2. The van der Waals surface area contributed by atoms with Crippen molar-refractivity contribution < 1.29 is 22.8 Å². The van der Waals surface area contributed by atoms with Crippen molar-refractivity contribution in [3.05, 3.63) is 23.8 Å². The Morgan fingerprint density at radius 3 is 2.71 bits per heavy atom. The van der Waals surface area contributed by atoms with E-state index >= 15 is 0 Å². The van der Waals surface area contributed by atoms with Crippen LogP contribution in [0.1, 0.15) is 32.3 Å². The molecule has 1 aliphatic rings. The largest absolute Gasteiger partial charge is 0.416 e. The number of hydrogen-bond donors (Lipinski definition) is 2. The Morgan fingerprint density at radius 2 is 2.08 bits per heavy atom. The molecule has 24 heavy (non-hydrogen) atoms. The molecule has 0 unspecified atom stereocenters. The number of amides is 2. The van der Waals surface area contributed by atoms with Gasteiger partial charge in [-0.25, -0.2) is 0 Å². The zero-order chi connectivity index (χ0) is 17.9. The summed E-state index contributed by atoms with van der Waals surface area (Å²) in [4.78, 5) is 24.5. The van der Waals surface area contributed by atoms with E-state index in [1.165, 1.54) is 6.07 Å². The molecule has 2 amide bonds. The number of thioether (sulfide) groups is 1. The van der Waals surface area contributed by atoms with Gasteiger partial charge in [-0.3, -0.25) is 9.59 Å². The molecule has 4 nitrogen and oxygen atoms in total. The SMILES string of the molecule is CC(C)CCNC(=O)C[C@@H]1Sc2ccc(C(F)(F)F)cc2NC1=O. The van der Waals surface area contributed by atoms with Crippen molar-refractivity contribution in [2.75, 3.05) is 11.9 Å². The van der Waals surface area contributed by atoms with Crippen LogP contribution in [0.5, 0.6) is 0 Å². The van der Waals surface area contributed by atoms with Crippen molar-refractivity contribution in [2.24, 2.45) is 5.92 Å². The van der Waals surface area contributed by atoms with Gasteiger partial charge in [0, 0.05) is 17.9 Å². The molecule has 0 spiro atoms. The van der Waals surface area contributed by atoms with Gasteiger partial charge in [-0.15, -0.1) is 11.8 Å². The summed E-state index contributed by atoms with van der Waals surface area (Å²) in [6.07, 6.45) is -3.62. The fourth-order valence-electron chi connectivity index (χ4n) is 2.20. The number of anilines is 1. The summed E-state index contributed by atoms with van der Waals surface area (Å²) in [5, 5.41) is 4.57. The third-order valence-electron chi connectivity index (χ3n) is 3.54. The summed E-state index contributed by atoms with van der Waals surface area (Å²) in [6, 6.07) is 3.22. The van der Waals surface area contributed by atoms with Crippen LogP contribution >= 0.6 is 11.8 Å². The molecule has 1 aliphatic heterocycles. The van der Waals surface area contributed by atoms with Gasteiger partial charge in [0.1, 0.15) is 0 Å². The summed E-state index contributed by atoms with van der Waals surface area (Å²) in [5.74, 6) is -0.225. The molecule has 0 fully saturated rings. The van der Waals surface area contributed by atoms with E-state index in [2.05, 4.69) is 10.6 Å². The molecular formula is C16H19F3N2O2S. The molecule has 2 N–H and O–H groups in total. The van der Waals surface area contributed by atoms with Crippen LogP contribution in [0.4, 0.5) is 18.9 Å². The number of benzene rings is 1. The van der Waals surface area contributed by atoms with Crippen LogP contribution in [0.15, 0.2) is 23.1 Å². The second-order valence-electron chi connectivity index (χ2n) is 6.04. The van der Waals surface area contributed by atoms with Gasteiger partial charge in [0.2, 0.25) is 11.8 Å². The fourth-order valence-corrected chi connectivity index (χ4v) is 3.29. The number of nitrogens with one attached hydrogen (secondary N) is 2. The van der Waals surface area contributed by atoms with Crippen molar-refractivity contribution in [1.29, 1.82) is 0 Å². The van der Waals surface area contributed by atoms with E-state index < -0.39 is 22.9 Å². The zero-order valence-electron chi connectivity index (χ0n) is 13.4. The van der Waals surface area contributed by atoms with Crippen LogP contribution in [-0.4, -0.2) is 23.6 Å². The molecule has 132 valence electrons. The molecule has 1 aromatic carbocycles. The average molecular weight is 360 g/mol. The molecule has 0 saturated heterocycles. The highest BCUT2D eigenvalue weighted by atomic mass is 32.2. The van der Waals surface area contributed by atoms with Crippen LogP contribution in [0.2, 0.25) is 0 Å². The highest BCUT2D eigenvalue weighted by Gasteiger charge is 2.34. The van der Waals surface area contributed by atoms with Gasteiger partial charge in [-0.05, 0) is 30.5 Å². The van der Waals surface area contributed by atoms with E-state index in [-0.39, 0.29) is 18.0 Å². The number of fused-ring (bicyclic) bond motifs is 1. The third-order valence-corrected chi connectivity index (χ3v) is 4.82. The van der Waals surface area contributed by atoms with Gasteiger partial charge in [0.05, 0.1) is 16.5 Å². The average Bonchev–Trinajstić information content (AvgIpc) is 2.46. The van der Waals surface area contributed by atoms with Crippen LogP contribution in [0, 0.1) is 5.92 Å². The smallest absolute Gasteiger partial charge is 0.356 e. The monoisotopic (exact) mass is 360 g/mol. The Morgan fingerprint density at radius 1 is 1.38 bits per heavy atom. The maximum atomic E-state index is 12.7. The standard InChI is InChI=1S/C16H19F3N2O2S/c1-9(2)5-6-20-14(22)8-13-15(23)21-11-7-10(16(17,18)19)3-4-12(11)24-13/h3-4,7,9,13H,5-6,8H2,1-2H3,(H,20,22)(H,21,23)/t13-/m0/s1. The molecule has 1 atom stereocenters. The van der Waals surface area contributed by atoms with Gasteiger partial charge in [-0.1, -0.05) is 13.8 Å². The molecule has 0 saturated carbocycles. The minimum Gasteiger partial charge on any atom is -0.356 e. The van der Waals surface area contributed by atoms with Crippen LogP contribution in [0.25, 0.3) is 0 Å². The van der Waals surface area contributed by atoms with Crippen molar-refractivity contribution in [3.8, 4) is 0 Å². The predicted octanol–water partition coefficient (Wildman–Crippen LogP) is 3.67. The molecule has 2 rings (SSSR count). The molecule has 8 heteroatoms. The van der Waals surface area contributed by atoms with Crippen molar-refractivity contribution in [2.45, 2.75) is 43.0 Å². The molecule has 1 aromatic rings. The van der Waals surface area contributed by atoms with Gasteiger partial charge in [-0.2, -0.15) is 13.2 Å². The number of alkyl halides is 3. The maximum absolute atomic E-state index is 12.7. The summed E-state index contributed by atoms with van der Waals surface area (Å²) in [5.41, 5.74) is -0.677. The summed E-state index contributed by atoms with van der Waals surface area (Å²) >= 11 is 1.11. The van der Waals surface area contributed by atoms with E-state index in [1.54, 1.807) is 0 Å². The molecule has 0 bridgehead atoms. The highest BCUT2D eigenvalue weighted by molar-refractivity contribution is 8.01. The Hall–Kier alpha value is -1.70. The molecule has 0 aliphatic carbocycles. The Kier molecular flexibility index (Phi) is 5.79. The number of hydrogen-bond acceptors (Lipinski definition) is 3. The molecule has 0 radical (unpaired) electrons. The highest BCUT2D eigenvalue weighted by Crippen LogP contribution is 2.40. The first-order valence-electron chi connectivity index (χ1n) is 7.62. The Labute approximate surface area is 142 Å². The minimum atomic E-state index is -4.46. The Bertz CT molecular complexity index is 632. The van der Waals surface area contributed by atoms with Gasteiger partial charge < -0.3 is 10.6 Å². The van der Waals surface area contributed by atoms with Crippen LogP contribution in [-0.2, 0) is 15.8 Å². The topological polar surface area (TPSA) is 58.2 Å². The molecule has 0 aromatic heterocycles. The first-order chi connectivity index (χ1) is 11.2. The van der Waals surface area contributed by atoms with E-state index in [1.807, 2.05) is 13.8 Å². The van der Waals surface area contributed by atoms with Crippen LogP contribution < -0.4 is 10.6 Å². The van der Waals surface area contributed by atoms with Crippen molar-refractivity contribution in [1.82, 2.24) is 5.32 Å². The van der Waals surface area contributed by atoms with E-state index in [0.29, 0.717) is 17.4 Å². The minimum absolute atomic E-state index is 0.00490. The van der Waals surface area contributed by atoms with E-state index in [4.69, 9.17) is 0 Å². The van der Waals surface area contributed by atoms with E-state index in [9.17, 15) is 22.8 Å². The second-order valence-corrected chi connectivity index (χ2v) is 7.29. The lowest BCUT2D eigenvalue weighted by molar-refractivity contribution is -0.137. The number of carbonyl (C=O) groups excluding carboxylic acids is 2. The lowest BCUT2D eigenvalue weighted by Crippen LogP contribution is -2.35. The van der Waals surface area contributed by atoms with Gasteiger partial charge >= 0.3 is 6.18 Å². The van der Waals surface area contributed by atoms with Crippen molar-refractivity contribution >= 4 is 29.3 Å². The second kappa shape index (κ2) is 7.46. The Balaban J connectivity index is 1.99. The fraction of sp³-hybridized carbons (Fsp3) is 0.500. The zero-order valence-corrected chi connectivity index (χ0v) is 14.2. The van der Waals surface area contributed by atoms with Crippen molar-refractivity contribution in [3.63, 3.8) is 0 Å². The summed E-state index contributed by atoms with van der Waals surface area (Å²) < 4.78 is 38.1. The normalized spacial score (nSPS) is 17.4. The number of halogens is 3. The predicted molar refractivity (Wildman–Crippen MR) is 86.8 cm³/mol. The van der Waals surface area contributed by atoms with E-state index in [0.717, 1.165) is 30.3 Å². The first-order valence-corrected chi connectivity index (χ1v) is 8.50.